The lowest BCUT2D eigenvalue weighted by Gasteiger charge is -2.13. The third-order valence-electron chi connectivity index (χ3n) is 6.51. The highest BCUT2D eigenvalue weighted by atomic mass is 19.4. The number of nitrogens with one attached hydrogen (secondary N) is 1. The molecule has 0 saturated carbocycles. The molecule has 52 heavy (non-hydrogen) atoms. The summed E-state index contributed by atoms with van der Waals surface area (Å²) in [6.07, 6.45) is -4.50. The van der Waals surface area contributed by atoms with Crippen LogP contribution in [0.15, 0.2) is 48.5 Å². The molecule has 2 N–H and O–H groups in total. The maximum absolute atomic E-state index is 13.0. The summed E-state index contributed by atoms with van der Waals surface area (Å²) in [5.41, 5.74) is -0.112. The van der Waals surface area contributed by atoms with Crippen LogP contribution < -0.4 is 5.32 Å². The number of para-hydroxylation sites is 1. The molecule has 0 spiro atoms. The zero-order valence-corrected chi connectivity index (χ0v) is 29.2. The number of carbonyl (C=O) groups excluding carboxylic acids is 1. The van der Waals surface area contributed by atoms with E-state index in [0.717, 1.165) is 12.1 Å². The molecule has 0 aromatic heterocycles. The number of hydrogen-bond acceptors (Lipinski definition) is 13. The number of halogens is 3. The van der Waals surface area contributed by atoms with Gasteiger partial charge in [0.25, 0.3) is 0 Å². The Labute approximate surface area is 301 Å². The fourth-order valence-electron chi connectivity index (χ4n) is 3.99. The predicted octanol–water partition coefficient (Wildman–Crippen LogP) is 4.23. The first-order valence-electron chi connectivity index (χ1n) is 16.9. The van der Waals surface area contributed by atoms with Crippen molar-refractivity contribution in [3.8, 4) is 0 Å². The highest BCUT2D eigenvalue weighted by Crippen LogP contribution is 2.32. The van der Waals surface area contributed by atoms with E-state index >= 15 is 0 Å². The molecule has 0 saturated heterocycles. The molecule has 2 rings (SSSR count). The number of ether oxygens (including phenoxy) is 10. The van der Waals surface area contributed by atoms with Crippen LogP contribution in [0.2, 0.25) is 0 Å². The number of hydrogen-bond donors (Lipinski definition) is 2. The van der Waals surface area contributed by atoms with Crippen molar-refractivity contribution in [3.05, 3.63) is 59.7 Å². The second-order valence-corrected chi connectivity index (χ2v) is 10.5. The number of anilines is 2. The lowest BCUT2D eigenvalue weighted by molar-refractivity contribution is -0.139. The molecule has 14 nitrogen and oxygen atoms in total. The predicted molar refractivity (Wildman–Crippen MR) is 181 cm³/mol. The molecule has 0 radical (unpaired) electrons. The number of esters is 1. The minimum Gasteiger partial charge on any atom is -0.481 e. The van der Waals surface area contributed by atoms with E-state index in [-0.39, 0.29) is 37.5 Å². The summed E-state index contributed by atoms with van der Waals surface area (Å²) in [6.45, 7) is 6.77. The van der Waals surface area contributed by atoms with E-state index in [0.29, 0.717) is 111 Å². The number of carbonyl (C=O) groups is 2. The van der Waals surface area contributed by atoms with Crippen molar-refractivity contribution in [1.29, 1.82) is 0 Å². The molecule has 0 heterocycles. The number of carboxylic acids is 1. The second-order valence-electron chi connectivity index (χ2n) is 10.5. The molecule has 2 aromatic rings. The lowest BCUT2D eigenvalue weighted by Crippen LogP contribution is -2.16. The van der Waals surface area contributed by atoms with Crippen LogP contribution in [0, 0.1) is 0 Å². The highest BCUT2D eigenvalue weighted by Gasteiger charge is 2.30. The Hall–Kier alpha value is -3.39. The molecule has 0 bridgehead atoms. The molecule has 0 aliphatic rings. The zero-order valence-electron chi connectivity index (χ0n) is 29.2. The van der Waals surface area contributed by atoms with Crippen LogP contribution in [-0.2, 0) is 58.3 Å². The van der Waals surface area contributed by atoms with Crippen LogP contribution >= 0.6 is 0 Å². The van der Waals surface area contributed by atoms with Crippen molar-refractivity contribution >= 4 is 23.3 Å². The zero-order chi connectivity index (χ0) is 37.5. The van der Waals surface area contributed by atoms with Gasteiger partial charge in [-0.05, 0) is 30.3 Å². The Balaban J connectivity index is 1.31. The van der Waals surface area contributed by atoms with Crippen molar-refractivity contribution in [3.63, 3.8) is 0 Å². The number of benzene rings is 2. The Kier molecular flexibility index (Phi) is 25.1. The van der Waals surface area contributed by atoms with Gasteiger partial charge in [-0.3, -0.25) is 4.79 Å². The molecule has 0 fully saturated rings. The van der Waals surface area contributed by atoms with Crippen LogP contribution in [0.3, 0.4) is 0 Å². The Bertz CT molecular complexity index is 1220. The lowest BCUT2D eigenvalue weighted by atomic mass is 10.1. The van der Waals surface area contributed by atoms with Crippen molar-refractivity contribution in [1.82, 2.24) is 0 Å². The monoisotopic (exact) mass is 749 g/mol. The van der Waals surface area contributed by atoms with E-state index in [1.807, 2.05) is 0 Å². The molecular weight excluding hydrogens is 699 g/mol. The summed E-state index contributed by atoms with van der Waals surface area (Å²) >= 11 is 0. The summed E-state index contributed by atoms with van der Waals surface area (Å²) in [4.78, 5) is 22.9. The SMILES string of the molecule is O=C(O)CCOCCOCCOCCOCCOCCOCCOCCOCCOCCOC(=O)c1ccccc1Nc1cccc(C(F)(F)F)c1. The Morgan fingerprint density at radius 1 is 0.538 bits per heavy atom. The van der Waals surface area contributed by atoms with E-state index in [2.05, 4.69) is 5.32 Å². The third-order valence-corrected chi connectivity index (χ3v) is 6.51. The summed E-state index contributed by atoms with van der Waals surface area (Å²) in [5.74, 6) is -1.53. The van der Waals surface area contributed by atoms with Gasteiger partial charge in [-0.1, -0.05) is 18.2 Å². The largest absolute Gasteiger partial charge is 0.481 e. The first-order valence-corrected chi connectivity index (χ1v) is 16.9. The van der Waals surface area contributed by atoms with Crippen molar-refractivity contribution in [2.24, 2.45) is 0 Å². The van der Waals surface area contributed by atoms with Crippen molar-refractivity contribution in [2.45, 2.75) is 12.6 Å². The van der Waals surface area contributed by atoms with E-state index in [1.165, 1.54) is 18.2 Å². The topological polar surface area (TPSA) is 159 Å². The van der Waals surface area contributed by atoms with Gasteiger partial charge in [-0.2, -0.15) is 13.2 Å². The van der Waals surface area contributed by atoms with E-state index in [1.54, 1.807) is 18.2 Å². The van der Waals surface area contributed by atoms with Gasteiger partial charge in [-0.15, -0.1) is 0 Å². The van der Waals surface area contributed by atoms with Gasteiger partial charge in [-0.25, -0.2) is 4.79 Å². The summed E-state index contributed by atoms with van der Waals surface area (Å²) < 4.78 is 92.8. The average molecular weight is 750 g/mol. The van der Waals surface area contributed by atoms with Gasteiger partial charge in [0.15, 0.2) is 0 Å². The first kappa shape index (κ1) is 44.8. The maximum atomic E-state index is 13.0. The number of rotatable bonds is 33. The Morgan fingerprint density at radius 3 is 1.37 bits per heavy atom. The standard InChI is InChI=1S/C35H50F3NO13/c36-35(37,38)29-4-3-5-30(28-29)39-32-7-2-1-6-31(32)34(42)52-27-26-51-25-24-50-23-22-49-21-20-48-19-18-47-17-16-46-15-14-45-13-12-44-11-10-43-9-8-33(40)41/h1-7,28,39H,8-27H2,(H,40,41). The first-order chi connectivity index (χ1) is 25.3. The van der Waals surface area contributed by atoms with Gasteiger partial charge >= 0.3 is 18.1 Å². The quantitative estimate of drug-likeness (QED) is 0.0789. The smallest absolute Gasteiger partial charge is 0.416 e. The average Bonchev–Trinajstić information content (AvgIpc) is 3.12. The van der Waals surface area contributed by atoms with Crippen LogP contribution in [0.4, 0.5) is 24.5 Å². The summed E-state index contributed by atoms with van der Waals surface area (Å²) in [7, 11) is 0. The normalized spacial score (nSPS) is 11.5. The van der Waals surface area contributed by atoms with Gasteiger partial charge in [0.2, 0.25) is 0 Å². The molecule has 0 amide bonds. The van der Waals surface area contributed by atoms with Crippen LogP contribution in [0.25, 0.3) is 0 Å². The van der Waals surface area contributed by atoms with Crippen LogP contribution in [0.5, 0.6) is 0 Å². The van der Waals surface area contributed by atoms with Crippen molar-refractivity contribution in [2.75, 3.05) is 131 Å². The minimum absolute atomic E-state index is 0.00879. The molecule has 294 valence electrons. The van der Waals surface area contributed by atoms with Gasteiger partial charge in [0.05, 0.1) is 142 Å². The highest BCUT2D eigenvalue weighted by molar-refractivity contribution is 5.96. The fraction of sp³-hybridized carbons (Fsp3) is 0.600. The van der Waals surface area contributed by atoms with E-state index in [4.69, 9.17) is 52.5 Å². The van der Waals surface area contributed by atoms with Gasteiger partial charge in [0.1, 0.15) is 6.61 Å². The molecule has 2 aromatic carbocycles. The number of aliphatic carboxylic acids is 1. The van der Waals surface area contributed by atoms with Gasteiger partial charge < -0.3 is 57.8 Å². The fourth-order valence-corrected chi connectivity index (χ4v) is 3.99. The van der Waals surface area contributed by atoms with Gasteiger partial charge in [0, 0.05) is 5.69 Å². The summed E-state index contributed by atoms with van der Waals surface area (Å²) in [5, 5.41) is 11.3. The molecule has 0 aliphatic heterocycles. The maximum Gasteiger partial charge on any atom is 0.416 e. The summed E-state index contributed by atoms with van der Waals surface area (Å²) in [6, 6.07) is 11.1. The third kappa shape index (κ3) is 23.2. The number of carboxylic acid groups (broad SMARTS) is 1. The molecule has 0 atom stereocenters. The molecule has 0 unspecified atom stereocenters. The molecule has 17 heteroatoms. The minimum atomic E-state index is -4.48. The van der Waals surface area contributed by atoms with Crippen molar-refractivity contribution < 1.29 is 75.2 Å². The van der Waals surface area contributed by atoms with Crippen LogP contribution in [-0.4, -0.2) is 143 Å². The second kappa shape index (κ2) is 29.1. The molecule has 0 aliphatic carbocycles. The number of alkyl halides is 3. The van der Waals surface area contributed by atoms with Crippen LogP contribution in [0.1, 0.15) is 22.3 Å². The van der Waals surface area contributed by atoms with E-state index < -0.39 is 23.7 Å². The molecular formula is C35H50F3NO13. The van der Waals surface area contributed by atoms with E-state index in [9.17, 15) is 22.8 Å². The Morgan fingerprint density at radius 2 is 0.942 bits per heavy atom.